The van der Waals surface area contributed by atoms with Crippen molar-refractivity contribution in [3.8, 4) is 0 Å². The molecule has 1 heterocycles. The summed E-state index contributed by atoms with van der Waals surface area (Å²) in [6.45, 7) is 7.57. The van der Waals surface area contributed by atoms with Gasteiger partial charge in [0.2, 0.25) is 5.91 Å². The number of carbonyl (C=O) groups excluding carboxylic acids is 1. The first-order chi connectivity index (χ1) is 11.7. The molecule has 0 bridgehead atoms. The fraction of sp³-hybridized carbons (Fsp3) is 0.875. The van der Waals surface area contributed by atoms with Crippen molar-refractivity contribution in [2.45, 2.75) is 39.4 Å². The van der Waals surface area contributed by atoms with E-state index < -0.39 is 12.7 Å². The van der Waals surface area contributed by atoms with E-state index in [9.17, 15) is 18.0 Å². The second-order valence-electron chi connectivity index (χ2n) is 6.20. The lowest BCUT2D eigenvalue weighted by atomic mass is 10.3. The molecule has 10 heteroatoms. The molecular formula is C16H31F3IN5O. The van der Waals surface area contributed by atoms with E-state index in [1.165, 1.54) is 4.90 Å². The summed E-state index contributed by atoms with van der Waals surface area (Å²) in [7, 11) is 1.77. The number of alkyl halides is 3. The number of hydrogen-bond donors (Lipinski definition) is 1. The van der Waals surface area contributed by atoms with Gasteiger partial charge in [-0.3, -0.25) is 14.7 Å². The van der Waals surface area contributed by atoms with Crippen molar-refractivity contribution in [1.29, 1.82) is 0 Å². The van der Waals surface area contributed by atoms with Crippen LogP contribution in [-0.2, 0) is 4.79 Å². The summed E-state index contributed by atoms with van der Waals surface area (Å²) in [5, 5.41) is 3.21. The molecule has 1 rings (SSSR count). The number of rotatable bonds is 7. The first-order valence-corrected chi connectivity index (χ1v) is 8.79. The molecular weight excluding hydrogens is 462 g/mol. The molecule has 0 saturated carbocycles. The molecule has 0 aromatic heterocycles. The average Bonchev–Trinajstić information content (AvgIpc) is 2.93. The molecule has 6 nitrogen and oxygen atoms in total. The van der Waals surface area contributed by atoms with Gasteiger partial charge in [-0.15, -0.1) is 24.0 Å². The molecule has 1 amide bonds. The Morgan fingerprint density at radius 3 is 2.38 bits per heavy atom. The Morgan fingerprint density at radius 2 is 1.88 bits per heavy atom. The van der Waals surface area contributed by atoms with Crippen molar-refractivity contribution in [2.24, 2.45) is 4.99 Å². The zero-order chi connectivity index (χ0) is 19.0. The van der Waals surface area contributed by atoms with Gasteiger partial charge in [0.1, 0.15) is 0 Å². The number of likely N-dealkylation sites (N-methyl/N-ethyl adjacent to an activating group) is 2. The van der Waals surface area contributed by atoms with Crippen LogP contribution in [0.4, 0.5) is 13.2 Å². The van der Waals surface area contributed by atoms with Crippen LogP contribution in [0.25, 0.3) is 0 Å². The van der Waals surface area contributed by atoms with E-state index in [0.717, 1.165) is 0 Å². The third-order valence-electron chi connectivity index (χ3n) is 4.17. The Bertz CT molecular complexity index is 458. The van der Waals surface area contributed by atoms with Gasteiger partial charge >= 0.3 is 6.18 Å². The van der Waals surface area contributed by atoms with Crippen LogP contribution in [0.5, 0.6) is 0 Å². The minimum atomic E-state index is -4.18. The van der Waals surface area contributed by atoms with Crippen LogP contribution >= 0.6 is 24.0 Å². The first-order valence-electron chi connectivity index (χ1n) is 8.79. The molecule has 1 fully saturated rings. The van der Waals surface area contributed by atoms with E-state index in [1.54, 1.807) is 16.8 Å². The van der Waals surface area contributed by atoms with Gasteiger partial charge in [-0.1, -0.05) is 0 Å². The number of nitrogens with one attached hydrogen (secondary N) is 1. The summed E-state index contributed by atoms with van der Waals surface area (Å²) >= 11 is 0. The number of amides is 1. The maximum absolute atomic E-state index is 12.5. The second-order valence-corrected chi connectivity index (χ2v) is 6.20. The van der Waals surface area contributed by atoms with E-state index >= 15 is 0 Å². The van der Waals surface area contributed by atoms with Gasteiger partial charge in [0.05, 0.1) is 13.1 Å². The molecule has 0 spiro atoms. The third-order valence-corrected chi connectivity index (χ3v) is 4.17. The first kappa shape index (κ1) is 25.2. The summed E-state index contributed by atoms with van der Waals surface area (Å²) in [5.74, 6) is 0.560. The van der Waals surface area contributed by atoms with Crippen LogP contribution in [0.2, 0.25) is 0 Å². The van der Waals surface area contributed by atoms with E-state index in [-0.39, 0.29) is 42.5 Å². The number of hydrogen-bond acceptors (Lipinski definition) is 3. The highest BCUT2D eigenvalue weighted by Crippen LogP contribution is 2.20. The van der Waals surface area contributed by atoms with Gasteiger partial charge in [0, 0.05) is 45.8 Å². The van der Waals surface area contributed by atoms with Crippen LogP contribution < -0.4 is 5.32 Å². The third kappa shape index (κ3) is 8.74. The number of carbonyl (C=O) groups is 1. The van der Waals surface area contributed by atoms with E-state index in [1.807, 2.05) is 20.8 Å². The Labute approximate surface area is 171 Å². The monoisotopic (exact) mass is 493 g/mol. The van der Waals surface area contributed by atoms with Crippen molar-refractivity contribution in [1.82, 2.24) is 20.0 Å². The lowest BCUT2D eigenvalue weighted by Gasteiger charge is -2.27. The molecule has 0 radical (unpaired) electrons. The maximum atomic E-state index is 12.5. The van der Waals surface area contributed by atoms with Crippen molar-refractivity contribution < 1.29 is 18.0 Å². The van der Waals surface area contributed by atoms with Gasteiger partial charge in [-0.25, -0.2) is 0 Å². The fourth-order valence-electron chi connectivity index (χ4n) is 2.91. The predicted octanol–water partition coefficient (Wildman–Crippen LogP) is 2.01. The van der Waals surface area contributed by atoms with Crippen LogP contribution in [0, 0.1) is 0 Å². The van der Waals surface area contributed by atoms with Gasteiger partial charge in [0.25, 0.3) is 0 Å². The Kier molecular flexibility index (Phi) is 11.5. The molecule has 1 saturated heterocycles. The summed E-state index contributed by atoms with van der Waals surface area (Å²) < 4.78 is 37.5. The zero-order valence-electron chi connectivity index (χ0n) is 16.0. The molecule has 1 N–H and O–H groups in total. The molecule has 1 aliphatic heterocycles. The highest BCUT2D eigenvalue weighted by atomic mass is 127. The molecule has 0 aliphatic carbocycles. The highest BCUT2D eigenvalue weighted by Gasteiger charge is 2.34. The van der Waals surface area contributed by atoms with Crippen LogP contribution in [0.1, 0.15) is 27.2 Å². The normalized spacial score (nSPS) is 18.4. The maximum Gasteiger partial charge on any atom is 0.401 e. The summed E-state index contributed by atoms with van der Waals surface area (Å²) in [4.78, 5) is 21.5. The van der Waals surface area contributed by atoms with E-state index in [2.05, 4.69) is 10.3 Å². The Morgan fingerprint density at radius 1 is 1.27 bits per heavy atom. The number of nitrogens with zero attached hydrogens (tertiary/aromatic N) is 4. The Hall–Kier alpha value is -0.780. The number of likely N-dealkylation sites (tertiary alicyclic amines) is 1. The lowest BCUT2D eigenvalue weighted by molar-refractivity contribution is -0.143. The van der Waals surface area contributed by atoms with Crippen molar-refractivity contribution in [3.05, 3.63) is 0 Å². The van der Waals surface area contributed by atoms with Crippen molar-refractivity contribution in [2.75, 3.05) is 52.9 Å². The van der Waals surface area contributed by atoms with Crippen LogP contribution in [0.15, 0.2) is 4.99 Å². The second kappa shape index (κ2) is 11.8. The summed E-state index contributed by atoms with van der Waals surface area (Å²) in [5.41, 5.74) is 0. The Balaban J connectivity index is 0.00000625. The van der Waals surface area contributed by atoms with Crippen LogP contribution in [0.3, 0.4) is 0 Å². The smallest absolute Gasteiger partial charge is 0.352 e. The summed E-state index contributed by atoms with van der Waals surface area (Å²) in [6, 6.07) is -0.0985. The molecule has 1 unspecified atom stereocenters. The molecule has 154 valence electrons. The quantitative estimate of drug-likeness (QED) is 0.335. The van der Waals surface area contributed by atoms with Gasteiger partial charge in [-0.2, -0.15) is 13.2 Å². The molecule has 1 aliphatic rings. The van der Waals surface area contributed by atoms with Gasteiger partial charge in [-0.05, 0) is 27.2 Å². The van der Waals surface area contributed by atoms with Crippen molar-refractivity contribution >= 4 is 35.8 Å². The SMILES string of the molecule is CCN=C(NC1CCN(CC(F)(F)F)C1)N(C)CC(=O)N(CC)CC.I. The number of guanidine groups is 1. The molecule has 1 atom stereocenters. The topological polar surface area (TPSA) is 51.2 Å². The highest BCUT2D eigenvalue weighted by molar-refractivity contribution is 14.0. The largest absolute Gasteiger partial charge is 0.401 e. The minimum absolute atomic E-state index is 0. The van der Waals surface area contributed by atoms with Crippen LogP contribution in [-0.4, -0.2) is 91.6 Å². The minimum Gasteiger partial charge on any atom is -0.352 e. The predicted molar refractivity (Wildman–Crippen MR) is 108 cm³/mol. The number of halogens is 4. The summed E-state index contributed by atoms with van der Waals surface area (Å²) in [6.07, 6.45) is -3.56. The fourth-order valence-corrected chi connectivity index (χ4v) is 2.91. The van der Waals surface area contributed by atoms with E-state index in [4.69, 9.17) is 0 Å². The average molecular weight is 493 g/mol. The number of aliphatic imine (C=N–C) groups is 1. The lowest BCUT2D eigenvalue weighted by Crippen LogP contribution is -2.49. The van der Waals surface area contributed by atoms with Gasteiger partial charge < -0.3 is 15.1 Å². The van der Waals surface area contributed by atoms with Gasteiger partial charge in [0.15, 0.2) is 5.96 Å². The van der Waals surface area contributed by atoms with E-state index in [0.29, 0.717) is 45.1 Å². The standard InChI is InChI=1S/C16H30F3N5O.HI/c1-5-20-15(22(4)11-14(25)24(6-2)7-3)21-13-8-9-23(10-13)12-16(17,18)19;/h13H,5-12H2,1-4H3,(H,20,21);1H. The molecule has 0 aromatic carbocycles. The van der Waals surface area contributed by atoms with Crippen molar-refractivity contribution in [3.63, 3.8) is 0 Å². The molecule has 26 heavy (non-hydrogen) atoms. The molecule has 0 aromatic rings. The zero-order valence-corrected chi connectivity index (χ0v) is 18.3.